The molecule has 4 aromatic rings. The number of methoxy groups -OCH3 is 1. The zero-order chi connectivity index (χ0) is 28.6. The van der Waals surface area contributed by atoms with E-state index < -0.39 is 6.04 Å². The molecule has 208 valence electrons. The summed E-state index contributed by atoms with van der Waals surface area (Å²) in [5.74, 6) is 0.311. The molecule has 1 heterocycles. The second kappa shape index (κ2) is 13.3. The second-order valence-electron chi connectivity index (χ2n) is 10.2. The Balaban J connectivity index is 1.60. The first-order valence-corrected chi connectivity index (χ1v) is 14.1. The zero-order valence-corrected chi connectivity index (χ0v) is 24.4. The molecule has 8 heteroatoms. The summed E-state index contributed by atoms with van der Waals surface area (Å²) >= 11 is 1.48. The monoisotopic (exact) mass is 556 g/mol. The molecule has 40 heavy (non-hydrogen) atoms. The van der Waals surface area contributed by atoms with E-state index in [0.717, 1.165) is 33.3 Å². The van der Waals surface area contributed by atoms with Gasteiger partial charge in [0.15, 0.2) is 0 Å². The van der Waals surface area contributed by atoms with E-state index in [1.165, 1.54) is 11.3 Å². The molecule has 0 aliphatic heterocycles. The Kier molecular flexibility index (Phi) is 9.56. The number of carbonyl (C=O) groups excluding carboxylic acids is 2. The molecular weight excluding hydrogens is 520 g/mol. The molecule has 0 aliphatic rings. The molecule has 0 bridgehead atoms. The minimum absolute atomic E-state index is 0.121. The summed E-state index contributed by atoms with van der Waals surface area (Å²) < 4.78 is 5.27. The van der Waals surface area contributed by atoms with Crippen LogP contribution in [0.1, 0.15) is 24.4 Å². The maximum atomic E-state index is 13.8. The lowest BCUT2D eigenvalue weighted by Crippen LogP contribution is -2.50. The van der Waals surface area contributed by atoms with E-state index in [9.17, 15) is 9.59 Å². The lowest BCUT2D eigenvalue weighted by molar-refractivity contribution is -0.140. The Morgan fingerprint density at radius 2 is 1.62 bits per heavy atom. The molecule has 1 unspecified atom stereocenters. The Morgan fingerprint density at radius 1 is 0.950 bits per heavy atom. The van der Waals surface area contributed by atoms with Crippen LogP contribution in [-0.4, -0.2) is 48.9 Å². The lowest BCUT2D eigenvalue weighted by atomic mass is 10.00. The maximum absolute atomic E-state index is 13.8. The summed E-state index contributed by atoms with van der Waals surface area (Å²) in [5, 5.41) is 5.78. The first kappa shape index (κ1) is 28.8. The predicted octanol–water partition coefficient (Wildman–Crippen LogP) is 6.12. The number of amides is 2. The van der Waals surface area contributed by atoms with Crippen LogP contribution in [0.25, 0.3) is 11.3 Å². The average molecular weight is 557 g/mol. The third kappa shape index (κ3) is 7.27. The van der Waals surface area contributed by atoms with Crippen LogP contribution >= 0.6 is 11.3 Å². The van der Waals surface area contributed by atoms with E-state index in [2.05, 4.69) is 5.32 Å². The molecule has 7 nitrogen and oxygen atoms in total. The van der Waals surface area contributed by atoms with Crippen LogP contribution < -0.4 is 15.0 Å². The second-order valence-corrected chi connectivity index (χ2v) is 11.1. The lowest BCUT2D eigenvalue weighted by Gasteiger charge is -2.33. The standard InChI is InChI=1S/C32H36N4O3S/c1-22(2)31(32(38)33-25-13-15-26(16-14-25)35(3)4)36(30(37)19-23-9-7-6-8-10-23)20-29-34-28(21-40-29)24-11-17-27(39-5)18-12-24/h6-18,21-22,31H,19-20H2,1-5H3,(H,33,38). The van der Waals surface area contributed by atoms with Gasteiger partial charge in [0.25, 0.3) is 0 Å². The molecule has 1 atom stereocenters. The van der Waals surface area contributed by atoms with E-state index in [4.69, 9.17) is 9.72 Å². The Labute approximate surface area is 240 Å². The quantitative estimate of drug-likeness (QED) is 0.241. The SMILES string of the molecule is COc1ccc(-c2csc(CN(C(=O)Cc3ccccc3)C(C(=O)Nc3ccc(N(C)C)cc3)C(C)C)n2)cc1. The van der Waals surface area contributed by atoms with Gasteiger partial charge in [-0.1, -0.05) is 44.2 Å². The van der Waals surface area contributed by atoms with Crippen molar-refractivity contribution in [3.05, 3.63) is 94.8 Å². The van der Waals surface area contributed by atoms with Crippen molar-refractivity contribution in [3.63, 3.8) is 0 Å². The molecule has 1 aromatic heterocycles. The number of thiazole rings is 1. The Hall–Kier alpha value is -4.17. The molecule has 0 fully saturated rings. The summed E-state index contributed by atoms with van der Waals surface area (Å²) in [6.07, 6.45) is 0.200. The number of hydrogen-bond acceptors (Lipinski definition) is 6. The maximum Gasteiger partial charge on any atom is 0.247 e. The molecule has 2 amide bonds. The van der Waals surface area contributed by atoms with E-state index in [1.54, 1.807) is 12.0 Å². The van der Waals surface area contributed by atoms with Crippen molar-refractivity contribution in [3.8, 4) is 17.0 Å². The fraction of sp³-hybridized carbons (Fsp3) is 0.281. The molecule has 1 N–H and O–H groups in total. The number of hydrogen-bond donors (Lipinski definition) is 1. The Bertz CT molecular complexity index is 1400. The van der Waals surface area contributed by atoms with E-state index in [0.29, 0.717) is 5.69 Å². The number of rotatable bonds is 11. The van der Waals surface area contributed by atoms with Crippen LogP contribution in [-0.2, 0) is 22.6 Å². The first-order chi connectivity index (χ1) is 19.2. The highest BCUT2D eigenvalue weighted by Crippen LogP contribution is 2.27. The molecule has 0 saturated heterocycles. The van der Waals surface area contributed by atoms with Crippen LogP contribution in [0.5, 0.6) is 5.75 Å². The highest BCUT2D eigenvalue weighted by atomic mass is 32.1. The molecule has 0 radical (unpaired) electrons. The van der Waals surface area contributed by atoms with Crippen molar-refractivity contribution in [2.75, 3.05) is 31.4 Å². The van der Waals surface area contributed by atoms with Crippen LogP contribution in [0.4, 0.5) is 11.4 Å². The minimum atomic E-state index is -0.682. The molecule has 0 spiro atoms. The summed E-state index contributed by atoms with van der Waals surface area (Å²) in [6, 6.07) is 24.3. The number of aromatic nitrogens is 1. The van der Waals surface area contributed by atoms with Crippen LogP contribution in [0.15, 0.2) is 84.2 Å². The highest BCUT2D eigenvalue weighted by Gasteiger charge is 2.33. The zero-order valence-electron chi connectivity index (χ0n) is 23.6. The van der Waals surface area contributed by atoms with Crippen molar-refractivity contribution >= 4 is 34.5 Å². The summed E-state index contributed by atoms with van der Waals surface area (Å²) in [7, 11) is 5.58. The van der Waals surface area contributed by atoms with Gasteiger partial charge in [-0.15, -0.1) is 11.3 Å². The topological polar surface area (TPSA) is 74.8 Å². The van der Waals surface area contributed by atoms with Gasteiger partial charge in [0, 0.05) is 36.4 Å². The van der Waals surface area contributed by atoms with E-state index in [-0.39, 0.29) is 30.7 Å². The fourth-order valence-electron chi connectivity index (χ4n) is 4.50. The molecule has 0 aliphatic carbocycles. The van der Waals surface area contributed by atoms with Gasteiger partial charge in [-0.25, -0.2) is 4.98 Å². The van der Waals surface area contributed by atoms with Crippen molar-refractivity contribution in [2.24, 2.45) is 5.92 Å². The number of anilines is 2. The van der Waals surface area contributed by atoms with Gasteiger partial charge in [0.2, 0.25) is 11.8 Å². The third-order valence-electron chi connectivity index (χ3n) is 6.65. The van der Waals surface area contributed by atoms with Gasteiger partial charge < -0.3 is 19.9 Å². The van der Waals surface area contributed by atoms with Gasteiger partial charge in [0.05, 0.1) is 25.8 Å². The normalized spacial score (nSPS) is 11.7. The van der Waals surface area contributed by atoms with E-state index >= 15 is 0 Å². The van der Waals surface area contributed by atoms with E-state index in [1.807, 2.05) is 117 Å². The summed E-state index contributed by atoms with van der Waals surface area (Å²) in [4.78, 5) is 36.0. The first-order valence-electron chi connectivity index (χ1n) is 13.3. The van der Waals surface area contributed by atoms with Crippen LogP contribution in [0.3, 0.4) is 0 Å². The van der Waals surface area contributed by atoms with Crippen molar-refractivity contribution in [1.82, 2.24) is 9.88 Å². The number of carbonyl (C=O) groups is 2. The van der Waals surface area contributed by atoms with Crippen molar-refractivity contribution in [2.45, 2.75) is 32.9 Å². The van der Waals surface area contributed by atoms with Gasteiger partial charge in [-0.2, -0.15) is 0 Å². The fourth-order valence-corrected chi connectivity index (χ4v) is 5.30. The number of nitrogens with one attached hydrogen (secondary N) is 1. The van der Waals surface area contributed by atoms with Crippen molar-refractivity contribution in [1.29, 1.82) is 0 Å². The van der Waals surface area contributed by atoms with Gasteiger partial charge in [-0.05, 0) is 60.0 Å². The number of nitrogens with zero attached hydrogens (tertiary/aromatic N) is 3. The number of benzene rings is 3. The van der Waals surface area contributed by atoms with Gasteiger partial charge >= 0.3 is 0 Å². The van der Waals surface area contributed by atoms with Crippen LogP contribution in [0, 0.1) is 5.92 Å². The highest BCUT2D eigenvalue weighted by molar-refractivity contribution is 7.09. The predicted molar refractivity (Wildman–Crippen MR) is 163 cm³/mol. The molecule has 0 saturated carbocycles. The average Bonchev–Trinajstić information content (AvgIpc) is 3.42. The third-order valence-corrected chi connectivity index (χ3v) is 7.48. The molecule has 3 aromatic carbocycles. The summed E-state index contributed by atoms with van der Waals surface area (Å²) in [5.41, 5.74) is 4.41. The largest absolute Gasteiger partial charge is 0.497 e. The minimum Gasteiger partial charge on any atom is -0.497 e. The van der Waals surface area contributed by atoms with Gasteiger partial charge in [-0.3, -0.25) is 9.59 Å². The van der Waals surface area contributed by atoms with Gasteiger partial charge in [0.1, 0.15) is 16.8 Å². The van der Waals surface area contributed by atoms with Crippen LogP contribution in [0.2, 0.25) is 0 Å². The molecular formula is C32H36N4O3S. The summed E-state index contributed by atoms with van der Waals surface area (Å²) in [6.45, 7) is 4.17. The van der Waals surface area contributed by atoms with Crippen molar-refractivity contribution < 1.29 is 14.3 Å². The molecule has 4 rings (SSSR count). The number of ether oxygens (including phenoxy) is 1. The smallest absolute Gasteiger partial charge is 0.247 e. The Morgan fingerprint density at radius 3 is 2.23 bits per heavy atom.